The van der Waals surface area contributed by atoms with Gasteiger partial charge in [0.25, 0.3) is 5.69 Å². The highest BCUT2D eigenvalue weighted by molar-refractivity contribution is 5.90. The molecule has 0 spiro atoms. The molecule has 0 fully saturated rings. The van der Waals surface area contributed by atoms with Gasteiger partial charge in [0, 0.05) is 6.07 Å². The van der Waals surface area contributed by atoms with E-state index in [4.69, 9.17) is 10.5 Å². The summed E-state index contributed by atoms with van der Waals surface area (Å²) in [6, 6.07) is 11.3. The van der Waals surface area contributed by atoms with Gasteiger partial charge in [-0.2, -0.15) is 0 Å². The van der Waals surface area contributed by atoms with Gasteiger partial charge in [0.2, 0.25) is 0 Å². The van der Waals surface area contributed by atoms with Crippen molar-refractivity contribution in [2.75, 3.05) is 12.3 Å². The molecular formula is C15H14N2O4. The molecule has 0 amide bonds. The first kappa shape index (κ1) is 14.5. The Balaban J connectivity index is 2.33. The maximum atomic E-state index is 11.6. The van der Waals surface area contributed by atoms with Crippen LogP contribution in [0.25, 0.3) is 11.1 Å². The molecule has 0 aromatic heterocycles. The minimum Gasteiger partial charge on any atom is -0.462 e. The van der Waals surface area contributed by atoms with Crippen molar-refractivity contribution in [3.05, 3.63) is 58.1 Å². The topological polar surface area (TPSA) is 95.5 Å². The number of anilines is 1. The zero-order valence-corrected chi connectivity index (χ0v) is 11.4. The highest BCUT2D eigenvalue weighted by atomic mass is 16.6. The lowest BCUT2D eigenvalue weighted by atomic mass is 10.0. The van der Waals surface area contributed by atoms with Gasteiger partial charge in [-0.1, -0.05) is 18.2 Å². The Bertz CT molecular complexity index is 681. The van der Waals surface area contributed by atoms with Crippen molar-refractivity contribution in [3.8, 4) is 11.1 Å². The summed E-state index contributed by atoms with van der Waals surface area (Å²) in [6.07, 6.45) is 0. The fraction of sp³-hybridized carbons (Fsp3) is 0.133. The molecule has 2 N–H and O–H groups in total. The highest BCUT2D eigenvalue weighted by Gasteiger charge is 2.13. The van der Waals surface area contributed by atoms with Crippen LogP contribution < -0.4 is 5.73 Å². The minimum atomic E-state index is -0.522. The van der Waals surface area contributed by atoms with Gasteiger partial charge in [0.05, 0.1) is 17.1 Å². The molecule has 6 heteroatoms. The zero-order valence-electron chi connectivity index (χ0n) is 11.4. The van der Waals surface area contributed by atoms with Crippen LogP contribution in [0.15, 0.2) is 42.5 Å². The number of rotatable bonds is 4. The van der Waals surface area contributed by atoms with E-state index >= 15 is 0 Å². The van der Waals surface area contributed by atoms with Crippen molar-refractivity contribution in [2.45, 2.75) is 6.92 Å². The van der Waals surface area contributed by atoms with E-state index in [1.807, 2.05) is 0 Å². The molecule has 0 aliphatic rings. The maximum absolute atomic E-state index is 11.6. The third-order valence-corrected chi connectivity index (χ3v) is 2.96. The predicted molar refractivity (Wildman–Crippen MR) is 78.9 cm³/mol. The summed E-state index contributed by atoms with van der Waals surface area (Å²) in [5, 5.41) is 10.9. The quantitative estimate of drug-likeness (QED) is 0.403. The lowest BCUT2D eigenvalue weighted by Gasteiger charge is -2.05. The van der Waals surface area contributed by atoms with Gasteiger partial charge in [0.1, 0.15) is 5.69 Å². The smallest absolute Gasteiger partial charge is 0.338 e. The van der Waals surface area contributed by atoms with Crippen molar-refractivity contribution < 1.29 is 14.5 Å². The van der Waals surface area contributed by atoms with Crippen molar-refractivity contribution in [3.63, 3.8) is 0 Å². The van der Waals surface area contributed by atoms with Gasteiger partial charge in [-0.15, -0.1) is 0 Å². The van der Waals surface area contributed by atoms with Crippen LogP contribution in [0.4, 0.5) is 11.4 Å². The minimum absolute atomic E-state index is 0.117. The molecule has 2 aromatic rings. The molecule has 21 heavy (non-hydrogen) atoms. The Morgan fingerprint density at radius 1 is 1.19 bits per heavy atom. The number of nitrogens with two attached hydrogens (primary N) is 1. The number of esters is 1. The van der Waals surface area contributed by atoms with Gasteiger partial charge in [0.15, 0.2) is 0 Å². The molecule has 2 aromatic carbocycles. The van der Waals surface area contributed by atoms with Gasteiger partial charge in [-0.05, 0) is 36.2 Å². The summed E-state index contributed by atoms with van der Waals surface area (Å²) < 4.78 is 4.90. The van der Waals surface area contributed by atoms with Crippen LogP contribution in [0.5, 0.6) is 0 Å². The van der Waals surface area contributed by atoms with Crippen molar-refractivity contribution >= 4 is 17.3 Å². The van der Waals surface area contributed by atoms with Gasteiger partial charge in [-0.3, -0.25) is 10.1 Å². The summed E-state index contributed by atoms with van der Waals surface area (Å²) in [6.45, 7) is 2.05. The summed E-state index contributed by atoms with van der Waals surface area (Å²) >= 11 is 0. The van der Waals surface area contributed by atoms with E-state index in [1.165, 1.54) is 12.1 Å². The van der Waals surface area contributed by atoms with Gasteiger partial charge in [-0.25, -0.2) is 4.79 Å². The Labute approximate surface area is 121 Å². The number of nitrogens with zero attached hydrogens (tertiary/aromatic N) is 1. The van der Waals surface area contributed by atoms with E-state index in [9.17, 15) is 14.9 Å². The summed E-state index contributed by atoms with van der Waals surface area (Å²) in [5.74, 6) is -0.396. The highest BCUT2D eigenvalue weighted by Crippen LogP contribution is 2.28. The van der Waals surface area contributed by atoms with Crippen LogP contribution in [-0.2, 0) is 4.74 Å². The van der Waals surface area contributed by atoms with E-state index in [0.717, 1.165) is 5.56 Å². The monoisotopic (exact) mass is 286 g/mol. The van der Waals surface area contributed by atoms with Crippen LogP contribution in [0, 0.1) is 10.1 Å². The molecule has 0 aliphatic heterocycles. The summed E-state index contributed by atoms with van der Waals surface area (Å²) in [4.78, 5) is 21.9. The Morgan fingerprint density at radius 2 is 1.81 bits per heavy atom. The fourth-order valence-corrected chi connectivity index (χ4v) is 1.89. The van der Waals surface area contributed by atoms with Gasteiger partial charge >= 0.3 is 5.97 Å². The van der Waals surface area contributed by atoms with Crippen molar-refractivity contribution in [1.82, 2.24) is 0 Å². The molecular weight excluding hydrogens is 272 g/mol. The van der Waals surface area contributed by atoms with Crippen LogP contribution in [0.1, 0.15) is 17.3 Å². The zero-order chi connectivity index (χ0) is 15.4. The van der Waals surface area contributed by atoms with Crippen LogP contribution in [0.3, 0.4) is 0 Å². The molecule has 0 aliphatic carbocycles. The number of ether oxygens (including phenoxy) is 1. The van der Waals surface area contributed by atoms with E-state index in [1.54, 1.807) is 37.3 Å². The lowest BCUT2D eigenvalue weighted by molar-refractivity contribution is -0.383. The van der Waals surface area contributed by atoms with Crippen LogP contribution in [-0.4, -0.2) is 17.5 Å². The second-order valence-electron chi connectivity index (χ2n) is 4.33. The third-order valence-electron chi connectivity index (χ3n) is 2.96. The van der Waals surface area contributed by atoms with E-state index < -0.39 is 10.9 Å². The van der Waals surface area contributed by atoms with Crippen LogP contribution >= 0.6 is 0 Å². The number of benzene rings is 2. The maximum Gasteiger partial charge on any atom is 0.338 e. The molecule has 0 saturated carbocycles. The second-order valence-corrected chi connectivity index (χ2v) is 4.33. The molecule has 0 bridgehead atoms. The standard InChI is InChI=1S/C15H14N2O4/c1-2-21-15(18)11-5-3-10(4-6-11)12-7-8-13(16)14(9-12)17(19)20/h3-9H,2,16H2,1H3. The number of hydrogen-bond acceptors (Lipinski definition) is 5. The SMILES string of the molecule is CCOC(=O)c1ccc(-c2ccc(N)c([N+](=O)[O-])c2)cc1. The molecule has 0 saturated heterocycles. The Hall–Kier alpha value is -2.89. The van der Waals surface area contributed by atoms with Crippen LogP contribution in [0.2, 0.25) is 0 Å². The normalized spacial score (nSPS) is 10.1. The van der Waals surface area contributed by atoms with E-state index in [-0.39, 0.29) is 11.4 Å². The molecule has 0 atom stereocenters. The van der Waals surface area contributed by atoms with E-state index in [0.29, 0.717) is 17.7 Å². The first-order valence-electron chi connectivity index (χ1n) is 6.34. The van der Waals surface area contributed by atoms with Gasteiger partial charge < -0.3 is 10.5 Å². The molecule has 2 rings (SSSR count). The number of nitro groups is 1. The average Bonchev–Trinajstić information content (AvgIpc) is 2.48. The largest absolute Gasteiger partial charge is 0.462 e. The molecule has 0 unspecified atom stereocenters. The molecule has 0 heterocycles. The first-order chi connectivity index (χ1) is 10.0. The number of carbonyl (C=O) groups is 1. The number of carbonyl (C=O) groups excluding carboxylic acids is 1. The van der Waals surface area contributed by atoms with E-state index in [2.05, 4.69) is 0 Å². The number of nitro benzene ring substituents is 1. The molecule has 6 nitrogen and oxygen atoms in total. The Morgan fingerprint density at radius 3 is 2.38 bits per heavy atom. The number of nitrogen functional groups attached to an aromatic ring is 1. The lowest BCUT2D eigenvalue weighted by Crippen LogP contribution is -2.04. The first-order valence-corrected chi connectivity index (χ1v) is 6.34. The summed E-state index contributed by atoms with van der Waals surface area (Å²) in [5.41, 5.74) is 7.39. The van der Waals surface area contributed by atoms with Crippen molar-refractivity contribution in [2.24, 2.45) is 0 Å². The third kappa shape index (κ3) is 3.17. The Kier molecular flexibility index (Phi) is 4.18. The molecule has 108 valence electrons. The second kappa shape index (κ2) is 6.04. The predicted octanol–water partition coefficient (Wildman–Crippen LogP) is 3.02. The summed E-state index contributed by atoms with van der Waals surface area (Å²) in [7, 11) is 0. The number of hydrogen-bond donors (Lipinski definition) is 1. The van der Waals surface area contributed by atoms with Crippen molar-refractivity contribution in [1.29, 1.82) is 0 Å². The fourth-order valence-electron chi connectivity index (χ4n) is 1.89. The molecule has 0 radical (unpaired) electrons. The average molecular weight is 286 g/mol.